The molecule has 0 aromatic heterocycles. The van der Waals surface area contributed by atoms with E-state index in [1.807, 2.05) is 39.1 Å². The van der Waals surface area contributed by atoms with Gasteiger partial charge in [-0.3, -0.25) is 9.69 Å². The molecule has 0 heterocycles. The zero-order valence-electron chi connectivity index (χ0n) is 14.0. The van der Waals surface area contributed by atoms with E-state index >= 15 is 0 Å². The lowest BCUT2D eigenvalue weighted by atomic mass is 10.1. The van der Waals surface area contributed by atoms with Crippen molar-refractivity contribution >= 4 is 11.6 Å². The molecule has 3 nitrogen and oxygen atoms in total. The first kappa shape index (κ1) is 17.7. The van der Waals surface area contributed by atoms with Crippen LogP contribution in [0.15, 0.2) is 18.2 Å². The molecule has 0 saturated heterocycles. The summed E-state index contributed by atoms with van der Waals surface area (Å²) in [6, 6.07) is 6.07. The van der Waals surface area contributed by atoms with E-state index in [1.165, 1.54) is 32.1 Å². The van der Waals surface area contributed by atoms with Crippen LogP contribution in [0.2, 0.25) is 0 Å². The van der Waals surface area contributed by atoms with E-state index in [0.717, 1.165) is 23.4 Å². The van der Waals surface area contributed by atoms with Gasteiger partial charge in [0.1, 0.15) is 0 Å². The smallest absolute Gasteiger partial charge is 0.238 e. The van der Waals surface area contributed by atoms with E-state index < -0.39 is 0 Å². The standard InChI is InChI=1S/C18H30N2O/c1-5-6-7-8-9-13-20(4)14-17(21)19-18-15(2)11-10-12-16(18)3/h10-12H,5-9,13-14H2,1-4H3,(H,19,21). The third kappa shape index (κ3) is 6.76. The molecule has 0 aliphatic heterocycles. The average molecular weight is 290 g/mol. The molecule has 1 aromatic rings. The SMILES string of the molecule is CCCCCCCN(C)CC(=O)Nc1c(C)cccc1C. The number of carbonyl (C=O) groups is 1. The molecule has 21 heavy (non-hydrogen) atoms. The third-order valence-electron chi connectivity index (χ3n) is 3.80. The Kier molecular flexibility index (Phi) is 8.06. The second-order valence-electron chi connectivity index (χ2n) is 5.97. The molecule has 0 aliphatic carbocycles. The number of amides is 1. The molecule has 0 unspecified atom stereocenters. The Morgan fingerprint density at radius 3 is 2.33 bits per heavy atom. The molecule has 1 rings (SSSR count). The van der Waals surface area contributed by atoms with Gasteiger partial charge in [0.25, 0.3) is 0 Å². The fraction of sp³-hybridized carbons (Fsp3) is 0.611. The van der Waals surface area contributed by atoms with Crippen LogP contribution in [0, 0.1) is 13.8 Å². The van der Waals surface area contributed by atoms with Crippen LogP contribution in [0.3, 0.4) is 0 Å². The molecule has 1 N–H and O–H groups in total. The van der Waals surface area contributed by atoms with Crippen LogP contribution >= 0.6 is 0 Å². The van der Waals surface area contributed by atoms with Crippen molar-refractivity contribution in [2.24, 2.45) is 0 Å². The largest absolute Gasteiger partial charge is 0.324 e. The third-order valence-corrected chi connectivity index (χ3v) is 3.80. The van der Waals surface area contributed by atoms with Gasteiger partial charge < -0.3 is 5.32 Å². The number of para-hydroxylation sites is 1. The predicted octanol–water partition coefficient (Wildman–Crippen LogP) is 4.14. The number of carbonyl (C=O) groups excluding carboxylic acids is 1. The number of unbranched alkanes of at least 4 members (excludes halogenated alkanes) is 4. The number of likely N-dealkylation sites (N-methyl/N-ethyl adjacent to an activating group) is 1. The summed E-state index contributed by atoms with van der Waals surface area (Å²) in [5.41, 5.74) is 3.19. The van der Waals surface area contributed by atoms with Crippen molar-refractivity contribution in [3.05, 3.63) is 29.3 Å². The van der Waals surface area contributed by atoms with Gasteiger partial charge in [-0.25, -0.2) is 0 Å². The van der Waals surface area contributed by atoms with Crippen LogP contribution in [0.1, 0.15) is 50.2 Å². The molecule has 0 atom stereocenters. The van der Waals surface area contributed by atoms with Crippen molar-refractivity contribution in [1.29, 1.82) is 0 Å². The summed E-state index contributed by atoms with van der Waals surface area (Å²) in [5.74, 6) is 0.0726. The molecule has 118 valence electrons. The van der Waals surface area contributed by atoms with Crippen molar-refractivity contribution in [2.75, 3.05) is 25.5 Å². The summed E-state index contributed by atoms with van der Waals surface area (Å²) in [6.07, 6.45) is 6.33. The van der Waals surface area contributed by atoms with E-state index in [0.29, 0.717) is 6.54 Å². The Hall–Kier alpha value is -1.35. The van der Waals surface area contributed by atoms with Gasteiger partial charge in [0.2, 0.25) is 5.91 Å². The minimum Gasteiger partial charge on any atom is -0.324 e. The van der Waals surface area contributed by atoms with E-state index in [9.17, 15) is 4.79 Å². The van der Waals surface area contributed by atoms with Gasteiger partial charge in [-0.05, 0) is 45.0 Å². The normalized spacial score (nSPS) is 10.9. The molecule has 0 saturated carbocycles. The number of anilines is 1. The van der Waals surface area contributed by atoms with Gasteiger partial charge in [-0.15, -0.1) is 0 Å². The van der Waals surface area contributed by atoms with E-state index in [4.69, 9.17) is 0 Å². The lowest BCUT2D eigenvalue weighted by Gasteiger charge is -2.17. The molecular formula is C18H30N2O. The number of benzene rings is 1. The van der Waals surface area contributed by atoms with Gasteiger partial charge in [0, 0.05) is 5.69 Å². The van der Waals surface area contributed by atoms with Crippen LogP contribution in [-0.4, -0.2) is 30.9 Å². The predicted molar refractivity (Wildman–Crippen MR) is 90.8 cm³/mol. The molecule has 3 heteroatoms. The Balaban J connectivity index is 2.33. The van der Waals surface area contributed by atoms with Crippen molar-refractivity contribution < 1.29 is 4.79 Å². The summed E-state index contributed by atoms with van der Waals surface area (Å²) in [5, 5.41) is 3.04. The number of hydrogen-bond acceptors (Lipinski definition) is 2. The first-order chi connectivity index (χ1) is 10.0. The van der Waals surface area contributed by atoms with Gasteiger partial charge in [-0.2, -0.15) is 0 Å². The number of hydrogen-bond donors (Lipinski definition) is 1. The van der Waals surface area contributed by atoms with E-state index in [2.05, 4.69) is 17.1 Å². The van der Waals surface area contributed by atoms with Crippen LogP contribution in [0.25, 0.3) is 0 Å². The Morgan fingerprint density at radius 2 is 1.71 bits per heavy atom. The number of nitrogens with zero attached hydrogens (tertiary/aromatic N) is 1. The summed E-state index contributed by atoms with van der Waals surface area (Å²) >= 11 is 0. The van der Waals surface area contributed by atoms with Crippen molar-refractivity contribution in [3.8, 4) is 0 Å². The molecule has 1 amide bonds. The molecule has 1 aromatic carbocycles. The topological polar surface area (TPSA) is 32.3 Å². The van der Waals surface area contributed by atoms with Crippen LogP contribution in [0.5, 0.6) is 0 Å². The number of rotatable bonds is 9. The minimum atomic E-state index is 0.0726. The fourth-order valence-electron chi connectivity index (χ4n) is 2.50. The maximum absolute atomic E-state index is 12.1. The first-order valence-electron chi connectivity index (χ1n) is 8.09. The molecular weight excluding hydrogens is 260 g/mol. The zero-order valence-corrected chi connectivity index (χ0v) is 14.0. The Morgan fingerprint density at radius 1 is 1.10 bits per heavy atom. The highest BCUT2D eigenvalue weighted by Crippen LogP contribution is 2.19. The Labute approximate surface area is 129 Å². The van der Waals surface area contributed by atoms with Crippen molar-refractivity contribution in [3.63, 3.8) is 0 Å². The quantitative estimate of drug-likeness (QED) is 0.693. The first-order valence-corrected chi connectivity index (χ1v) is 8.09. The highest BCUT2D eigenvalue weighted by molar-refractivity contribution is 5.93. The molecule has 0 aliphatic rings. The fourth-order valence-corrected chi connectivity index (χ4v) is 2.50. The van der Waals surface area contributed by atoms with Gasteiger partial charge in [0.15, 0.2) is 0 Å². The highest BCUT2D eigenvalue weighted by Gasteiger charge is 2.09. The average Bonchev–Trinajstić information content (AvgIpc) is 2.43. The second-order valence-corrected chi connectivity index (χ2v) is 5.97. The van der Waals surface area contributed by atoms with Crippen LogP contribution < -0.4 is 5.32 Å². The molecule has 0 spiro atoms. The van der Waals surface area contributed by atoms with Gasteiger partial charge in [-0.1, -0.05) is 50.8 Å². The summed E-state index contributed by atoms with van der Waals surface area (Å²) in [7, 11) is 2.02. The number of aryl methyl sites for hydroxylation is 2. The van der Waals surface area contributed by atoms with Crippen LogP contribution in [-0.2, 0) is 4.79 Å². The highest BCUT2D eigenvalue weighted by atomic mass is 16.2. The second kappa shape index (κ2) is 9.56. The van der Waals surface area contributed by atoms with Gasteiger partial charge in [0.05, 0.1) is 6.54 Å². The summed E-state index contributed by atoms with van der Waals surface area (Å²) in [6.45, 7) is 7.73. The monoisotopic (exact) mass is 290 g/mol. The minimum absolute atomic E-state index is 0.0726. The maximum atomic E-state index is 12.1. The van der Waals surface area contributed by atoms with Gasteiger partial charge >= 0.3 is 0 Å². The lowest BCUT2D eigenvalue weighted by molar-refractivity contribution is -0.117. The van der Waals surface area contributed by atoms with E-state index in [-0.39, 0.29) is 5.91 Å². The maximum Gasteiger partial charge on any atom is 0.238 e. The summed E-state index contributed by atoms with van der Waals surface area (Å²) in [4.78, 5) is 14.2. The zero-order chi connectivity index (χ0) is 15.7. The lowest BCUT2D eigenvalue weighted by Crippen LogP contribution is -2.31. The molecule has 0 radical (unpaired) electrons. The number of nitrogens with one attached hydrogen (secondary N) is 1. The van der Waals surface area contributed by atoms with E-state index in [1.54, 1.807) is 0 Å². The molecule has 0 bridgehead atoms. The van der Waals surface area contributed by atoms with Crippen LogP contribution in [0.4, 0.5) is 5.69 Å². The van der Waals surface area contributed by atoms with Crippen molar-refractivity contribution in [1.82, 2.24) is 4.90 Å². The Bertz CT molecular complexity index is 423. The molecule has 0 fully saturated rings. The van der Waals surface area contributed by atoms with Crippen molar-refractivity contribution in [2.45, 2.75) is 52.9 Å². The summed E-state index contributed by atoms with van der Waals surface area (Å²) < 4.78 is 0.